The number of hydrogen-bond donors (Lipinski definition) is 0. The highest BCUT2D eigenvalue weighted by molar-refractivity contribution is 5.94. The topological polar surface area (TPSA) is 107 Å². The molecule has 2 aromatic rings. The van der Waals surface area contributed by atoms with Crippen LogP contribution in [0.25, 0.3) is 0 Å². The highest BCUT2D eigenvalue weighted by atomic mass is 16.6. The van der Waals surface area contributed by atoms with Crippen LogP contribution in [0.15, 0.2) is 42.5 Å². The first kappa shape index (κ1) is 17.1. The summed E-state index contributed by atoms with van der Waals surface area (Å²) in [6, 6.07) is 10.3. The van der Waals surface area contributed by atoms with Gasteiger partial charge in [-0.2, -0.15) is 0 Å². The average molecular weight is 329 g/mol. The number of nitro groups is 2. The quantitative estimate of drug-likeness (QED) is 0.619. The number of carbonyl (C=O) groups is 1. The summed E-state index contributed by atoms with van der Waals surface area (Å²) in [7, 11) is 1.53. The van der Waals surface area contributed by atoms with Crippen LogP contribution in [0.5, 0.6) is 0 Å². The zero-order valence-electron chi connectivity index (χ0n) is 13.1. The maximum Gasteiger partial charge on any atom is 0.273 e. The fraction of sp³-hybridized carbons (Fsp3) is 0.188. The second kappa shape index (κ2) is 6.86. The van der Waals surface area contributed by atoms with E-state index in [2.05, 4.69) is 0 Å². The van der Waals surface area contributed by atoms with E-state index >= 15 is 0 Å². The van der Waals surface area contributed by atoms with Crippen molar-refractivity contribution in [1.82, 2.24) is 4.90 Å². The van der Waals surface area contributed by atoms with Crippen molar-refractivity contribution in [3.05, 3.63) is 79.4 Å². The Morgan fingerprint density at radius 3 is 2.42 bits per heavy atom. The van der Waals surface area contributed by atoms with Gasteiger partial charge in [0.15, 0.2) is 0 Å². The molecule has 0 fully saturated rings. The van der Waals surface area contributed by atoms with Crippen molar-refractivity contribution >= 4 is 17.3 Å². The van der Waals surface area contributed by atoms with E-state index in [0.29, 0.717) is 11.1 Å². The molecule has 2 rings (SSSR count). The van der Waals surface area contributed by atoms with Crippen LogP contribution in [-0.4, -0.2) is 27.7 Å². The van der Waals surface area contributed by atoms with Gasteiger partial charge in [-0.3, -0.25) is 25.0 Å². The Hall–Kier alpha value is -3.29. The van der Waals surface area contributed by atoms with Crippen molar-refractivity contribution in [2.45, 2.75) is 13.5 Å². The molecular formula is C16H15N3O5. The smallest absolute Gasteiger partial charge is 0.273 e. The lowest BCUT2D eigenvalue weighted by atomic mass is 10.1. The molecule has 0 aliphatic heterocycles. The normalized spacial score (nSPS) is 10.2. The second-order valence-electron chi connectivity index (χ2n) is 5.35. The summed E-state index contributed by atoms with van der Waals surface area (Å²) in [5.74, 6) is -0.399. The minimum atomic E-state index is -0.535. The van der Waals surface area contributed by atoms with Crippen LogP contribution in [0.4, 0.5) is 11.4 Å². The van der Waals surface area contributed by atoms with Crippen molar-refractivity contribution < 1.29 is 14.6 Å². The number of nitro benzene ring substituents is 2. The summed E-state index contributed by atoms with van der Waals surface area (Å²) in [6.45, 7) is 1.75. The Bertz CT molecular complexity index is 819. The molecule has 0 radical (unpaired) electrons. The van der Waals surface area contributed by atoms with Crippen LogP contribution in [0.2, 0.25) is 0 Å². The zero-order chi connectivity index (χ0) is 17.9. The molecule has 0 saturated heterocycles. The van der Waals surface area contributed by atoms with Gasteiger partial charge in [0, 0.05) is 42.9 Å². The SMILES string of the molecule is Cc1ccc(C(=O)N(C)Cc2cccc([N+](=O)[O-])c2)cc1[N+](=O)[O-]. The highest BCUT2D eigenvalue weighted by Gasteiger charge is 2.18. The standard InChI is InChI=1S/C16H15N3O5/c1-11-6-7-13(9-15(11)19(23)24)16(20)17(2)10-12-4-3-5-14(8-12)18(21)22/h3-9H,10H2,1-2H3. The lowest BCUT2D eigenvalue weighted by Gasteiger charge is -2.17. The summed E-state index contributed by atoms with van der Waals surface area (Å²) in [5, 5.41) is 21.8. The maximum atomic E-state index is 12.4. The van der Waals surface area contributed by atoms with E-state index in [4.69, 9.17) is 0 Å². The number of hydrogen-bond acceptors (Lipinski definition) is 5. The summed E-state index contributed by atoms with van der Waals surface area (Å²) in [5.41, 5.74) is 1.09. The van der Waals surface area contributed by atoms with Crippen LogP contribution in [0.3, 0.4) is 0 Å². The molecule has 0 N–H and O–H groups in total. The Kier molecular flexibility index (Phi) is 4.88. The monoisotopic (exact) mass is 329 g/mol. The van der Waals surface area contributed by atoms with E-state index in [1.165, 1.54) is 42.3 Å². The first-order valence-electron chi connectivity index (χ1n) is 7.03. The molecule has 0 aliphatic rings. The number of amides is 1. The van der Waals surface area contributed by atoms with Gasteiger partial charge in [-0.05, 0) is 18.6 Å². The van der Waals surface area contributed by atoms with Crippen molar-refractivity contribution in [3.63, 3.8) is 0 Å². The average Bonchev–Trinajstić information content (AvgIpc) is 2.54. The molecule has 0 spiro atoms. The summed E-state index contributed by atoms with van der Waals surface area (Å²) in [6.07, 6.45) is 0. The van der Waals surface area contributed by atoms with Gasteiger partial charge in [0.1, 0.15) is 0 Å². The molecule has 0 bridgehead atoms. The van der Waals surface area contributed by atoms with Crippen molar-refractivity contribution in [2.24, 2.45) is 0 Å². The predicted molar refractivity (Wildman–Crippen MR) is 86.7 cm³/mol. The van der Waals surface area contributed by atoms with Gasteiger partial charge in [-0.25, -0.2) is 0 Å². The van der Waals surface area contributed by atoms with Crippen LogP contribution < -0.4 is 0 Å². The molecular weight excluding hydrogens is 314 g/mol. The third kappa shape index (κ3) is 3.72. The van der Waals surface area contributed by atoms with Gasteiger partial charge in [0.2, 0.25) is 0 Å². The number of nitrogens with zero attached hydrogens (tertiary/aromatic N) is 3. The maximum absolute atomic E-state index is 12.4. The molecule has 0 aromatic heterocycles. The predicted octanol–water partition coefficient (Wildman–Crippen LogP) is 3.08. The van der Waals surface area contributed by atoms with E-state index in [1.54, 1.807) is 19.1 Å². The van der Waals surface area contributed by atoms with E-state index in [1.807, 2.05) is 0 Å². The minimum Gasteiger partial charge on any atom is -0.337 e. The summed E-state index contributed by atoms with van der Waals surface area (Å²) < 4.78 is 0. The van der Waals surface area contributed by atoms with Crippen molar-refractivity contribution in [3.8, 4) is 0 Å². The van der Waals surface area contributed by atoms with Gasteiger partial charge in [-0.1, -0.05) is 18.2 Å². The van der Waals surface area contributed by atoms with E-state index < -0.39 is 15.8 Å². The highest BCUT2D eigenvalue weighted by Crippen LogP contribution is 2.21. The fourth-order valence-corrected chi connectivity index (χ4v) is 2.27. The van der Waals surface area contributed by atoms with Gasteiger partial charge in [0.25, 0.3) is 17.3 Å². The lowest BCUT2D eigenvalue weighted by molar-refractivity contribution is -0.385. The fourth-order valence-electron chi connectivity index (χ4n) is 2.27. The van der Waals surface area contributed by atoms with E-state index in [9.17, 15) is 25.0 Å². The van der Waals surface area contributed by atoms with E-state index in [0.717, 1.165) is 0 Å². The minimum absolute atomic E-state index is 0.0562. The molecule has 0 unspecified atom stereocenters. The Balaban J connectivity index is 2.21. The molecule has 1 amide bonds. The Labute approximate surface area is 137 Å². The first-order valence-corrected chi connectivity index (χ1v) is 7.03. The number of rotatable bonds is 5. The first-order chi connectivity index (χ1) is 11.3. The third-order valence-electron chi connectivity index (χ3n) is 3.54. The van der Waals surface area contributed by atoms with Crippen molar-refractivity contribution in [2.75, 3.05) is 7.05 Å². The van der Waals surface area contributed by atoms with Gasteiger partial charge in [-0.15, -0.1) is 0 Å². The number of carbonyl (C=O) groups excluding carboxylic acids is 1. The Morgan fingerprint density at radius 2 is 1.79 bits per heavy atom. The third-order valence-corrected chi connectivity index (χ3v) is 3.54. The molecule has 0 heterocycles. The number of benzene rings is 2. The summed E-state index contributed by atoms with van der Waals surface area (Å²) >= 11 is 0. The van der Waals surface area contributed by atoms with Gasteiger partial charge in [0.05, 0.1) is 9.85 Å². The second-order valence-corrected chi connectivity index (χ2v) is 5.35. The van der Waals surface area contributed by atoms with Crippen LogP contribution in [0, 0.1) is 27.2 Å². The van der Waals surface area contributed by atoms with Crippen LogP contribution >= 0.6 is 0 Å². The molecule has 0 saturated carbocycles. The zero-order valence-corrected chi connectivity index (χ0v) is 13.1. The summed E-state index contributed by atoms with van der Waals surface area (Å²) in [4.78, 5) is 34.5. The molecule has 8 nitrogen and oxygen atoms in total. The molecule has 0 atom stereocenters. The van der Waals surface area contributed by atoms with Gasteiger partial charge >= 0.3 is 0 Å². The molecule has 2 aromatic carbocycles. The van der Waals surface area contributed by atoms with Crippen LogP contribution in [0.1, 0.15) is 21.5 Å². The molecule has 0 aliphatic carbocycles. The lowest BCUT2D eigenvalue weighted by Crippen LogP contribution is -2.26. The van der Waals surface area contributed by atoms with Gasteiger partial charge < -0.3 is 4.90 Å². The molecule has 124 valence electrons. The van der Waals surface area contributed by atoms with Crippen LogP contribution in [-0.2, 0) is 6.54 Å². The van der Waals surface area contributed by atoms with Crippen molar-refractivity contribution in [1.29, 1.82) is 0 Å². The molecule has 24 heavy (non-hydrogen) atoms. The largest absolute Gasteiger partial charge is 0.337 e. The van der Waals surface area contributed by atoms with E-state index in [-0.39, 0.29) is 23.5 Å². The molecule has 8 heteroatoms. The number of non-ortho nitro benzene ring substituents is 1. The number of aryl methyl sites for hydroxylation is 1. The Morgan fingerprint density at radius 1 is 1.08 bits per heavy atom.